The summed E-state index contributed by atoms with van der Waals surface area (Å²) < 4.78 is 0. The van der Waals surface area contributed by atoms with Crippen molar-refractivity contribution >= 4 is 23.6 Å². The number of nitrogens with zero attached hydrogens (tertiary/aromatic N) is 2. The highest BCUT2D eigenvalue weighted by molar-refractivity contribution is 5.84. The molecule has 1 aliphatic rings. The summed E-state index contributed by atoms with van der Waals surface area (Å²) in [6, 6.07) is 37.1. The van der Waals surface area contributed by atoms with Crippen molar-refractivity contribution in [1.82, 2.24) is 20.4 Å². The van der Waals surface area contributed by atoms with Gasteiger partial charge in [-0.2, -0.15) is 0 Å². The van der Waals surface area contributed by atoms with E-state index in [4.69, 9.17) is 0 Å². The zero-order chi connectivity index (χ0) is 38.1. The molecule has 8 nitrogen and oxygen atoms in total. The summed E-state index contributed by atoms with van der Waals surface area (Å²) in [6.07, 6.45) is 5.21. The highest BCUT2D eigenvalue weighted by Crippen LogP contribution is 2.20. The molecule has 1 fully saturated rings. The monoisotopic (exact) mass is 724 g/mol. The maximum absolute atomic E-state index is 14.4. The lowest BCUT2D eigenvalue weighted by Gasteiger charge is -2.35. The van der Waals surface area contributed by atoms with E-state index >= 15 is 0 Å². The van der Waals surface area contributed by atoms with Crippen LogP contribution in [0.2, 0.25) is 0 Å². The van der Waals surface area contributed by atoms with Crippen LogP contribution >= 0.6 is 0 Å². The van der Waals surface area contributed by atoms with Crippen LogP contribution in [0.15, 0.2) is 147 Å². The zero-order valence-corrected chi connectivity index (χ0v) is 31.0. The molecular weight excluding hydrogens is 673 g/mol. The number of benzene rings is 4. The van der Waals surface area contributed by atoms with Gasteiger partial charge in [0.25, 0.3) is 0 Å². The van der Waals surface area contributed by atoms with E-state index < -0.39 is 24.2 Å². The summed E-state index contributed by atoms with van der Waals surface area (Å²) in [7, 11) is 0. The van der Waals surface area contributed by atoms with Gasteiger partial charge in [-0.25, -0.2) is 0 Å². The zero-order valence-electron chi connectivity index (χ0n) is 31.0. The van der Waals surface area contributed by atoms with Gasteiger partial charge in [0.05, 0.1) is 0 Å². The summed E-state index contributed by atoms with van der Waals surface area (Å²) in [6.45, 7) is 8.36. The molecule has 0 bridgehead atoms. The van der Waals surface area contributed by atoms with Gasteiger partial charge in [0.15, 0.2) is 0 Å². The normalized spacial score (nSPS) is 20.5. The first-order valence-corrected chi connectivity index (χ1v) is 18.9. The van der Waals surface area contributed by atoms with Crippen LogP contribution in [-0.4, -0.2) is 70.7 Å². The van der Waals surface area contributed by atoms with Crippen molar-refractivity contribution in [2.75, 3.05) is 13.1 Å². The molecule has 2 N–H and O–H groups in total. The lowest BCUT2D eigenvalue weighted by atomic mass is 9.96. The van der Waals surface area contributed by atoms with Crippen molar-refractivity contribution in [2.45, 2.75) is 75.5 Å². The second-order valence-electron chi connectivity index (χ2n) is 14.1. The summed E-state index contributed by atoms with van der Waals surface area (Å²) in [5, 5.41) is 6.39. The number of hydrogen-bond donors (Lipinski definition) is 2. The molecule has 4 atom stereocenters. The predicted octanol–water partition coefficient (Wildman–Crippen LogP) is 6.27. The average Bonchev–Trinajstić information content (AvgIpc) is 3.16. The Morgan fingerprint density at radius 3 is 1.06 bits per heavy atom. The van der Waals surface area contributed by atoms with E-state index in [0.29, 0.717) is 25.7 Å². The Balaban J connectivity index is 1.55. The van der Waals surface area contributed by atoms with E-state index in [1.807, 2.05) is 121 Å². The van der Waals surface area contributed by atoms with Crippen LogP contribution < -0.4 is 10.6 Å². The van der Waals surface area contributed by atoms with Gasteiger partial charge < -0.3 is 20.4 Å². The summed E-state index contributed by atoms with van der Waals surface area (Å²) >= 11 is 0. The number of carbonyl (C=O) groups is 4. The van der Waals surface area contributed by atoms with Crippen molar-refractivity contribution in [2.24, 2.45) is 0 Å². The van der Waals surface area contributed by atoms with Crippen LogP contribution in [0.4, 0.5) is 0 Å². The quantitative estimate of drug-likeness (QED) is 0.169. The van der Waals surface area contributed by atoms with Crippen molar-refractivity contribution in [3.63, 3.8) is 0 Å². The van der Waals surface area contributed by atoms with Crippen molar-refractivity contribution in [1.29, 1.82) is 0 Å². The van der Waals surface area contributed by atoms with Gasteiger partial charge in [-0.15, -0.1) is 13.2 Å². The van der Waals surface area contributed by atoms with E-state index in [9.17, 15) is 19.2 Å². The fourth-order valence-electron chi connectivity index (χ4n) is 7.35. The molecule has 5 rings (SSSR count). The van der Waals surface area contributed by atoms with Crippen LogP contribution in [0, 0.1) is 0 Å². The van der Waals surface area contributed by atoms with Crippen LogP contribution in [-0.2, 0) is 44.9 Å². The first-order valence-electron chi connectivity index (χ1n) is 18.9. The Kier molecular flexibility index (Phi) is 15.0. The van der Waals surface area contributed by atoms with Crippen molar-refractivity contribution in [3.8, 4) is 0 Å². The Hall–Kier alpha value is -5.76. The van der Waals surface area contributed by atoms with Gasteiger partial charge in [0, 0.05) is 62.9 Å². The molecule has 54 heavy (non-hydrogen) atoms. The number of rotatable bonds is 12. The first kappa shape index (κ1) is 39.4. The molecule has 8 heteroatoms. The third kappa shape index (κ3) is 12.2. The van der Waals surface area contributed by atoms with Crippen LogP contribution in [0.1, 0.15) is 47.9 Å². The number of nitrogens with one attached hydrogen (secondary N) is 2. The van der Waals surface area contributed by atoms with E-state index in [0.717, 1.165) is 22.3 Å². The summed E-state index contributed by atoms with van der Waals surface area (Å²) in [5.41, 5.74) is 3.94. The molecule has 0 unspecified atom stereocenters. The van der Waals surface area contributed by atoms with Gasteiger partial charge in [-0.1, -0.05) is 133 Å². The molecule has 1 aliphatic heterocycles. The average molecular weight is 725 g/mol. The lowest BCUT2D eigenvalue weighted by Crippen LogP contribution is -2.51. The van der Waals surface area contributed by atoms with Crippen molar-refractivity contribution < 1.29 is 19.2 Å². The largest absolute Gasteiger partial charge is 0.352 e. The van der Waals surface area contributed by atoms with Crippen LogP contribution in [0.25, 0.3) is 0 Å². The minimum Gasteiger partial charge on any atom is -0.352 e. The Morgan fingerprint density at radius 2 is 0.759 bits per heavy atom. The van der Waals surface area contributed by atoms with Crippen LogP contribution in [0.3, 0.4) is 0 Å². The first-order chi connectivity index (χ1) is 26.3. The molecule has 4 aromatic carbocycles. The summed E-state index contributed by atoms with van der Waals surface area (Å²) in [4.78, 5) is 60.6. The number of amides is 4. The van der Waals surface area contributed by atoms with Gasteiger partial charge in [0.2, 0.25) is 23.6 Å². The number of carbonyl (C=O) groups excluding carboxylic acids is 4. The molecule has 0 spiro atoms. The Morgan fingerprint density at radius 1 is 0.463 bits per heavy atom. The molecule has 4 amide bonds. The van der Waals surface area contributed by atoms with Gasteiger partial charge in [-0.3, -0.25) is 19.2 Å². The maximum atomic E-state index is 14.4. The van der Waals surface area contributed by atoms with E-state index in [-0.39, 0.29) is 62.4 Å². The smallest absolute Gasteiger partial charge is 0.225 e. The molecule has 0 aromatic heterocycles. The van der Waals surface area contributed by atoms with Gasteiger partial charge in [-0.05, 0) is 47.9 Å². The Labute approximate surface area is 320 Å². The Bertz CT molecular complexity index is 1680. The SMILES string of the molecule is C=CCN1C(=O)C[C@H](Cc2ccccc2)NC(=O)C[C@H](Cc2ccccc2)N(CC=C)C(=O)C[C@H](Cc2ccccc2)NC(=O)C[C@@H]1Cc1ccccc1. The van der Waals surface area contributed by atoms with Gasteiger partial charge >= 0.3 is 0 Å². The molecule has 0 saturated carbocycles. The van der Waals surface area contributed by atoms with E-state index in [2.05, 4.69) is 23.8 Å². The molecular formula is C46H52N4O4. The van der Waals surface area contributed by atoms with Gasteiger partial charge in [0.1, 0.15) is 0 Å². The highest BCUT2D eigenvalue weighted by atomic mass is 16.2. The van der Waals surface area contributed by atoms with E-state index in [1.165, 1.54) is 0 Å². The molecule has 0 aliphatic carbocycles. The minimum atomic E-state index is -0.532. The fraction of sp³-hybridized carbons (Fsp3) is 0.304. The molecule has 0 radical (unpaired) electrons. The topological polar surface area (TPSA) is 98.8 Å². The minimum absolute atomic E-state index is 0.0245. The van der Waals surface area contributed by atoms with Crippen LogP contribution in [0.5, 0.6) is 0 Å². The third-order valence-corrected chi connectivity index (χ3v) is 9.87. The second kappa shape index (κ2) is 20.5. The lowest BCUT2D eigenvalue weighted by molar-refractivity contribution is -0.135. The maximum Gasteiger partial charge on any atom is 0.225 e. The predicted molar refractivity (Wildman–Crippen MR) is 214 cm³/mol. The molecule has 4 aromatic rings. The summed E-state index contributed by atoms with van der Waals surface area (Å²) in [5.74, 6) is -0.850. The molecule has 1 saturated heterocycles. The van der Waals surface area contributed by atoms with Crippen molar-refractivity contribution in [3.05, 3.63) is 169 Å². The fourth-order valence-corrected chi connectivity index (χ4v) is 7.35. The molecule has 1 heterocycles. The van der Waals surface area contributed by atoms with E-state index in [1.54, 1.807) is 22.0 Å². The number of hydrogen-bond acceptors (Lipinski definition) is 4. The second-order valence-corrected chi connectivity index (χ2v) is 14.1. The highest BCUT2D eigenvalue weighted by Gasteiger charge is 2.32. The third-order valence-electron chi connectivity index (χ3n) is 9.87. The molecule has 280 valence electrons. The standard InChI is InChI=1S/C46H52N4O4/c1-3-25-49-41(29-37-21-13-7-14-22-37)33-43(51)48-40(28-36-19-11-6-12-20-36)32-46(54)50(26-4-2)42(30-38-23-15-8-16-24-38)34-44(52)47-39(31-45(49)53)27-35-17-9-5-10-18-35/h3-24,39-42H,1-2,25-34H2,(H,47,52)(H,48,51)/t39-,40-,41-,42-/m0/s1.